The van der Waals surface area contributed by atoms with Gasteiger partial charge in [-0.25, -0.2) is 0 Å². The number of hydrogen-bond acceptors (Lipinski definition) is 3. The Labute approximate surface area is 69.0 Å². The Bertz CT molecular complexity index is 360. The van der Waals surface area contributed by atoms with E-state index in [1.54, 1.807) is 12.1 Å². The first-order valence-corrected chi connectivity index (χ1v) is 3.58. The molecule has 0 aromatic heterocycles. The number of fused-ring (bicyclic) bond motifs is 1. The number of nitrogens with one attached hydrogen (secondary N) is 1. The predicted octanol–water partition coefficient (Wildman–Crippen LogP) is 0.469. The fourth-order valence-electron chi connectivity index (χ4n) is 1.31. The van der Waals surface area contributed by atoms with Gasteiger partial charge in [0.2, 0.25) is 5.91 Å². The normalized spacial score (nSPS) is 14.2. The van der Waals surface area contributed by atoms with Crippen molar-refractivity contribution in [1.82, 2.24) is 0 Å². The monoisotopic (exact) mass is 164 g/mol. The molecule has 0 radical (unpaired) electrons. The number of carbonyl (C=O) groups excluding carboxylic acids is 1. The maximum Gasteiger partial charge on any atom is 0.229 e. The lowest BCUT2D eigenvalue weighted by Gasteiger charge is -2.02. The maximum atomic E-state index is 10.9. The van der Waals surface area contributed by atoms with Crippen LogP contribution in [0, 0.1) is 0 Å². The number of aromatic hydroxyl groups is 1. The van der Waals surface area contributed by atoms with Crippen molar-refractivity contribution in [2.75, 3.05) is 11.1 Å². The second kappa shape index (κ2) is 2.14. The first-order chi connectivity index (χ1) is 5.68. The number of phenolic OH excluding ortho intramolecular Hbond substituents is 1. The van der Waals surface area contributed by atoms with Crippen LogP contribution >= 0.6 is 0 Å². The van der Waals surface area contributed by atoms with Gasteiger partial charge >= 0.3 is 0 Å². The average molecular weight is 164 g/mol. The van der Waals surface area contributed by atoms with Gasteiger partial charge in [0.1, 0.15) is 5.75 Å². The lowest BCUT2D eigenvalue weighted by atomic mass is 10.1. The summed E-state index contributed by atoms with van der Waals surface area (Å²) in [5, 5.41) is 12.0. The van der Waals surface area contributed by atoms with E-state index in [0.717, 1.165) is 0 Å². The van der Waals surface area contributed by atoms with Crippen LogP contribution < -0.4 is 11.1 Å². The van der Waals surface area contributed by atoms with Gasteiger partial charge in [-0.05, 0) is 12.1 Å². The Balaban J connectivity index is 2.61. The molecule has 4 N–H and O–H groups in total. The molecule has 0 bridgehead atoms. The second-order valence-electron chi connectivity index (χ2n) is 2.75. The summed E-state index contributed by atoms with van der Waals surface area (Å²) in [4.78, 5) is 10.9. The number of anilines is 2. The molecule has 2 rings (SSSR count). The quantitative estimate of drug-likeness (QED) is 0.385. The zero-order chi connectivity index (χ0) is 8.72. The van der Waals surface area contributed by atoms with Gasteiger partial charge < -0.3 is 16.2 Å². The van der Waals surface area contributed by atoms with E-state index in [2.05, 4.69) is 5.32 Å². The van der Waals surface area contributed by atoms with Crippen LogP contribution in [-0.2, 0) is 11.2 Å². The number of amides is 1. The molecule has 1 aliphatic heterocycles. The van der Waals surface area contributed by atoms with E-state index < -0.39 is 0 Å². The summed E-state index contributed by atoms with van der Waals surface area (Å²) in [5.41, 5.74) is 7.02. The van der Waals surface area contributed by atoms with Gasteiger partial charge in [-0.3, -0.25) is 4.79 Å². The maximum absolute atomic E-state index is 10.9. The highest BCUT2D eigenvalue weighted by atomic mass is 16.3. The smallest absolute Gasteiger partial charge is 0.229 e. The van der Waals surface area contributed by atoms with Gasteiger partial charge in [0.05, 0.1) is 12.1 Å². The molecule has 0 fully saturated rings. The number of rotatable bonds is 0. The Morgan fingerprint density at radius 1 is 1.50 bits per heavy atom. The second-order valence-corrected chi connectivity index (χ2v) is 2.75. The summed E-state index contributed by atoms with van der Waals surface area (Å²) in [6, 6.07) is 3.26. The topological polar surface area (TPSA) is 75.3 Å². The Kier molecular flexibility index (Phi) is 1.24. The Morgan fingerprint density at radius 3 is 3.00 bits per heavy atom. The van der Waals surface area contributed by atoms with Crippen molar-refractivity contribution in [2.45, 2.75) is 6.42 Å². The van der Waals surface area contributed by atoms with Crippen LogP contribution in [0.5, 0.6) is 5.75 Å². The highest BCUT2D eigenvalue weighted by molar-refractivity contribution is 6.00. The third-order valence-corrected chi connectivity index (χ3v) is 1.93. The van der Waals surface area contributed by atoms with Crippen LogP contribution in [0.1, 0.15) is 5.56 Å². The highest BCUT2D eigenvalue weighted by Gasteiger charge is 2.21. The standard InChI is InChI=1S/C8H8N2O2/c9-5-1-2-6-4(8(5)12)3-7(11)10-6/h1-2,12H,3,9H2,(H,10,11). The first-order valence-electron chi connectivity index (χ1n) is 3.58. The van der Waals surface area contributed by atoms with Crippen LogP contribution in [0.4, 0.5) is 11.4 Å². The molecule has 1 heterocycles. The molecule has 0 saturated heterocycles. The van der Waals surface area contributed by atoms with E-state index in [1.165, 1.54) is 0 Å². The Hall–Kier alpha value is -1.71. The van der Waals surface area contributed by atoms with E-state index in [1.807, 2.05) is 0 Å². The molecule has 0 saturated carbocycles. The van der Waals surface area contributed by atoms with Gasteiger partial charge in [0.25, 0.3) is 0 Å². The summed E-state index contributed by atoms with van der Waals surface area (Å²) in [5.74, 6) is -0.0863. The average Bonchev–Trinajstić information content (AvgIpc) is 2.39. The number of carbonyl (C=O) groups is 1. The van der Waals surface area contributed by atoms with Gasteiger partial charge in [-0.15, -0.1) is 0 Å². The molecule has 1 aromatic carbocycles. The molecule has 0 spiro atoms. The largest absolute Gasteiger partial charge is 0.505 e. The van der Waals surface area contributed by atoms with Crippen molar-refractivity contribution < 1.29 is 9.90 Å². The summed E-state index contributed by atoms with van der Waals surface area (Å²) >= 11 is 0. The third-order valence-electron chi connectivity index (χ3n) is 1.93. The van der Waals surface area contributed by atoms with Crippen LogP contribution in [-0.4, -0.2) is 11.0 Å². The molecule has 0 aliphatic carbocycles. The SMILES string of the molecule is Nc1ccc2c(c1O)CC(=O)N2. The molecule has 12 heavy (non-hydrogen) atoms. The molecule has 1 amide bonds. The lowest BCUT2D eigenvalue weighted by Crippen LogP contribution is -2.03. The van der Waals surface area contributed by atoms with E-state index in [-0.39, 0.29) is 18.1 Å². The van der Waals surface area contributed by atoms with Crippen molar-refractivity contribution in [1.29, 1.82) is 0 Å². The van der Waals surface area contributed by atoms with Gasteiger partial charge in [-0.2, -0.15) is 0 Å². The van der Waals surface area contributed by atoms with Crippen LogP contribution in [0.15, 0.2) is 12.1 Å². The van der Waals surface area contributed by atoms with Gasteiger partial charge in [-0.1, -0.05) is 0 Å². The number of phenols is 1. The van der Waals surface area contributed by atoms with Gasteiger partial charge in [0, 0.05) is 11.3 Å². The number of nitrogens with two attached hydrogens (primary N) is 1. The van der Waals surface area contributed by atoms with E-state index in [0.29, 0.717) is 16.9 Å². The minimum atomic E-state index is -0.106. The number of benzene rings is 1. The molecule has 62 valence electrons. The molecule has 0 atom stereocenters. The highest BCUT2D eigenvalue weighted by Crippen LogP contribution is 2.34. The fraction of sp³-hybridized carbons (Fsp3) is 0.125. The molecule has 1 aromatic rings. The Morgan fingerprint density at radius 2 is 2.25 bits per heavy atom. The van der Waals surface area contributed by atoms with Crippen LogP contribution in [0.2, 0.25) is 0 Å². The van der Waals surface area contributed by atoms with E-state index in [4.69, 9.17) is 5.73 Å². The number of hydrogen-bond donors (Lipinski definition) is 3. The molecular weight excluding hydrogens is 156 g/mol. The molecule has 0 unspecified atom stereocenters. The summed E-state index contributed by atoms with van der Waals surface area (Å²) < 4.78 is 0. The van der Waals surface area contributed by atoms with E-state index >= 15 is 0 Å². The zero-order valence-electron chi connectivity index (χ0n) is 6.29. The van der Waals surface area contributed by atoms with Crippen molar-refractivity contribution >= 4 is 17.3 Å². The minimum Gasteiger partial charge on any atom is -0.505 e. The lowest BCUT2D eigenvalue weighted by molar-refractivity contribution is -0.115. The summed E-state index contributed by atoms with van der Waals surface area (Å²) in [6.07, 6.45) is 0.214. The summed E-state index contributed by atoms with van der Waals surface area (Å²) in [6.45, 7) is 0. The van der Waals surface area contributed by atoms with Crippen molar-refractivity contribution in [3.05, 3.63) is 17.7 Å². The van der Waals surface area contributed by atoms with E-state index in [9.17, 15) is 9.90 Å². The van der Waals surface area contributed by atoms with Crippen molar-refractivity contribution in [2.24, 2.45) is 0 Å². The van der Waals surface area contributed by atoms with Crippen molar-refractivity contribution in [3.8, 4) is 5.75 Å². The fourth-order valence-corrected chi connectivity index (χ4v) is 1.31. The summed E-state index contributed by atoms with van der Waals surface area (Å²) in [7, 11) is 0. The first kappa shape index (κ1) is 6.97. The zero-order valence-corrected chi connectivity index (χ0v) is 6.29. The van der Waals surface area contributed by atoms with Crippen molar-refractivity contribution in [3.63, 3.8) is 0 Å². The molecule has 4 heteroatoms. The third kappa shape index (κ3) is 0.812. The molecule has 1 aliphatic rings. The predicted molar refractivity (Wildman–Crippen MR) is 44.9 cm³/mol. The molecular formula is C8H8N2O2. The number of nitrogen functional groups attached to an aromatic ring is 1. The molecule has 4 nitrogen and oxygen atoms in total. The minimum absolute atomic E-state index is 0.0193. The van der Waals surface area contributed by atoms with Crippen LogP contribution in [0.3, 0.4) is 0 Å². The van der Waals surface area contributed by atoms with Crippen LogP contribution in [0.25, 0.3) is 0 Å². The van der Waals surface area contributed by atoms with Gasteiger partial charge in [0.15, 0.2) is 0 Å².